The van der Waals surface area contributed by atoms with E-state index in [0.29, 0.717) is 66.5 Å². The van der Waals surface area contributed by atoms with Gasteiger partial charge >= 0.3 is 0 Å². The van der Waals surface area contributed by atoms with Gasteiger partial charge in [0.1, 0.15) is 18.1 Å². The van der Waals surface area contributed by atoms with Crippen molar-refractivity contribution in [3.05, 3.63) is 81.6 Å². The number of amides is 3. The molecular formula is C32H33Cl2FN4O5. The van der Waals surface area contributed by atoms with Gasteiger partial charge in [0.2, 0.25) is 5.91 Å². The van der Waals surface area contributed by atoms with Crippen LogP contribution in [-0.4, -0.2) is 99.6 Å². The number of anilines is 1. The van der Waals surface area contributed by atoms with Gasteiger partial charge in [-0.2, -0.15) is 0 Å². The molecule has 0 radical (unpaired) electrons. The number of morpholine rings is 1. The highest BCUT2D eigenvalue weighted by atomic mass is 35.5. The number of hydrogen-bond acceptors (Lipinski definition) is 6. The minimum Gasteiger partial charge on any atom is -0.482 e. The van der Waals surface area contributed by atoms with E-state index in [2.05, 4.69) is 4.90 Å². The van der Waals surface area contributed by atoms with E-state index < -0.39 is 17.8 Å². The summed E-state index contributed by atoms with van der Waals surface area (Å²) in [5.74, 6) is -1.05. The molecule has 2 aliphatic heterocycles. The second-order valence-corrected chi connectivity index (χ2v) is 11.8. The average molecular weight is 644 g/mol. The largest absolute Gasteiger partial charge is 0.482 e. The zero-order valence-corrected chi connectivity index (χ0v) is 26.2. The van der Waals surface area contributed by atoms with E-state index >= 15 is 4.39 Å². The van der Waals surface area contributed by atoms with Crippen molar-refractivity contribution < 1.29 is 28.2 Å². The van der Waals surface area contributed by atoms with E-state index in [0.717, 1.165) is 0 Å². The summed E-state index contributed by atoms with van der Waals surface area (Å²) in [6.45, 7) is 2.38. The summed E-state index contributed by atoms with van der Waals surface area (Å²) >= 11 is 12.3. The lowest BCUT2D eigenvalue weighted by Crippen LogP contribution is -2.48. The summed E-state index contributed by atoms with van der Waals surface area (Å²) in [5.41, 5.74) is 2.31. The second kappa shape index (κ2) is 13.5. The maximum Gasteiger partial charge on any atom is 0.265 e. The van der Waals surface area contributed by atoms with Crippen molar-refractivity contribution in [3.63, 3.8) is 0 Å². The highest BCUT2D eigenvalue weighted by Crippen LogP contribution is 2.39. The number of hydrogen-bond donors (Lipinski definition) is 0. The molecule has 0 saturated carbocycles. The highest BCUT2D eigenvalue weighted by molar-refractivity contribution is 6.42. The van der Waals surface area contributed by atoms with Gasteiger partial charge in [-0.15, -0.1) is 0 Å². The third-order valence-corrected chi connectivity index (χ3v) is 8.56. The topological polar surface area (TPSA) is 82.6 Å². The Labute approximate surface area is 265 Å². The molecule has 9 nitrogen and oxygen atoms in total. The quantitative estimate of drug-likeness (QED) is 0.352. The molecule has 44 heavy (non-hydrogen) atoms. The molecule has 1 fully saturated rings. The van der Waals surface area contributed by atoms with E-state index in [4.69, 9.17) is 32.7 Å². The summed E-state index contributed by atoms with van der Waals surface area (Å²) < 4.78 is 26.8. The average Bonchev–Trinajstić information content (AvgIpc) is 3.02. The van der Waals surface area contributed by atoms with Crippen LogP contribution >= 0.6 is 23.2 Å². The Kier molecular flexibility index (Phi) is 9.75. The molecule has 1 saturated heterocycles. The fourth-order valence-corrected chi connectivity index (χ4v) is 5.63. The fraction of sp³-hybridized carbons (Fsp3) is 0.344. The highest BCUT2D eigenvalue weighted by Gasteiger charge is 2.32. The van der Waals surface area contributed by atoms with Gasteiger partial charge in [-0.3, -0.25) is 24.2 Å². The SMILES string of the molecule is CN(C)C(=O)c1cccc(-c2ccc(C(CN3CCOCC3)N(C)C(=O)CN3C(=O)COc4cc(Cl)c(Cl)cc43)cc2F)c1. The van der Waals surface area contributed by atoms with Crippen molar-refractivity contribution in [2.75, 3.05) is 72.0 Å². The van der Waals surface area contributed by atoms with Gasteiger partial charge in [0.25, 0.3) is 11.8 Å². The monoisotopic (exact) mass is 642 g/mol. The first kappa shape index (κ1) is 31.7. The Hall–Kier alpha value is -3.70. The Morgan fingerprint density at radius 3 is 2.43 bits per heavy atom. The number of carbonyl (C=O) groups excluding carboxylic acids is 3. The molecule has 0 spiro atoms. The maximum absolute atomic E-state index is 15.8. The molecule has 3 aromatic carbocycles. The molecule has 1 unspecified atom stereocenters. The van der Waals surface area contributed by atoms with Crippen LogP contribution in [0.4, 0.5) is 10.1 Å². The lowest BCUT2D eigenvalue weighted by atomic mass is 9.97. The van der Waals surface area contributed by atoms with Gasteiger partial charge < -0.3 is 19.3 Å². The van der Waals surface area contributed by atoms with E-state index in [1.165, 1.54) is 28.0 Å². The molecule has 2 aliphatic rings. The van der Waals surface area contributed by atoms with Crippen LogP contribution in [0.1, 0.15) is 22.0 Å². The minimum absolute atomic E-state index is 0.179. The van der Waals surface area contributed by atoms with Crippen molar-refractivity contribution in [1.29, 1.82) is 0 Å². The number of ether oxygens (including phenoxy) is 2. The normalized spacial score (nSPS) is 15.8. The summed E-state index contributed by atoms with van der Waals surface area (Å²) in [7, 11) is 4.97. The lowest BCUT2D eigenvalue weighted by Gasteiger charge is -2.37. The molecule has 232 valence electrons. The van der Waals surface area contributed by atoms with Crippen LogP contribution in [0.3, 0.4) is 0 Å². The van der Waals surface area contributed by atoms with Crippen LogP contribution in [0.2, 0.25) is 10.0 Å². The first-order chi connectivity index (χ1) is 21.0. The number of rotatable bonds is 8. The Bertz CT molecular complexity index is 1580. The van der Waals surface area contributed by atoms with Crippen LogP contribution in [0, 0.1) is 5.82 Å². The van der Waals surface area contributed by atoms with Crippen LogP contribution < -0.4 is 9.64 Å². The number of halogens is 3. The molecule has 12 heteroatoms. The first-order valence-corrected chi connectivity index (χ1v) is 14.9. The van der Waals surface area contributed by atoms with Crippen molar-refractivity contribution in [1.82, 2.24) is 14.7 Å². The summed E-state index contributed by atoms with van der Waals surface area (Å²) in [4.78, 5) is 45.6. The number of nitrogens with zero attached hydrogens (tertiary/aromatic N) is 4. The van der Waals surface area contributed by atoms with E-state index in [1.54, 1.807) is 62.4 Å². The van der Waals surface area contributed by atoms with Gasteiger partial charge in [-0.25, -0.2) is 4.39 Å². The molecule has 0 aliphatic carbocycles. The summed E-state index contributed by atoms with van der Waals surface area (Å²) in [6, 6.07) is 14.2. The predicted molar refractivity (Wildman–Crippen MR) is 167 cm³/mol. The Morgan fingerprint density at radius 1 is 1.00 bits per heavy atom. The fourth-order valence-electron chi connectivity index (χ4n) is 5.32. The second-order valence-electron chi connectivity index (χ2n) is 11.0. The third-order valence-electron chi connectivity index (χ3n) is 7.84. The van der Waals surface area contributed by atoms with Crippen LogP contribution in [0.25, 0.3) is 11.1 Å². The van der Waals surface area contributed by atoms with Gasteiger partial charge in [0.05, 0.1) is 35.0 Å². The molecule has 2 heterocycles. The number of benzene rings is 3. The van der Waals surface area contributed by atoms with E-state index in [9.17, 15) is 14.4 Å². The van der Waals surface area contributed by atoms with Crippen molar-refractivity contribution >= 4 is 46.6 Å². The summed E-state index contributed by atoms with van der Waals surface area (Å²) in [5, 5.41) is 0.502. The molecule has 5 rings (SSSR count). The van der Waals surface area contributed by atoms with E-state index in [-0.39, 0.29) is 35.0 Å². The van der Waals surface area contributed by atoms with Crippen molar-refractivity contribution in [3.8, 4) is 16.9 Å². The standard InChI is InChI=1S/C32H33Cl2FN4O5/c1-36(2)32(42)22-6-4-5-20(13-22)23-8-7-21(14-26(23)35)28(17-38-9-11-43-12-10-38)37(3)30(40)18-39-27-15-24(33)25(34)16-29(27)44-19-31(39)41/h4-8,13-16,28H,9-12,17-19H2,1-3H3. The van der Waals surface area contributed by atoms with Crippen LogP contribution in [0.5, 0.6) is 5.75 Å². The number of fused-ring (bicyclic) bond motifs is 1. The number of carbonyl (C=O) groups is 3. The Morgan fingerprint density at radius 2 is 1.73 bits per heavy atom. The molecule has 0 N–H and O–H groups in total. The Balaban J connectivity index is 1.43. The first-order valence-electron chi connectivity index (χ1n) is 14.1. The summed E-state index contributed by atoms with van der Waals surface area (Å²) in [6.07, 6.45) is 0. The lowest BCUT2D eigenvalue weighted by molar-refractivity contribution is -0.133. The third kappa shape index (κ3) is 6.83. The van der Waals surface area contributed by atoms with Crippen LogP contribution in [-0.2, 0) is 14.3 Å². The van der Waals surface area contributed by atoms with Gasteiger partial charge in [-0.1, -0.05) is 47.5 Å². The minimum atomic E-state index is -0.532. The van der Waals surface area contributed by atoms with E-state index in [1.807, 2.05) is 0 Å². The smallest absolute Gasteiger partial charge is 0.265 e. The zero-order chi connectivity index (χ0) is 31.5. The molecule has 3 amide bonds. The molecule has 0 bridgehead atoms. The van der Waals surface area contributed by atoms with Crippen LogP contribution in [0.15, 0.2) is 54.6 Å². The maximum atomic E-state index is 15.8. The molecule has 1 atom stereocenters. The van der Waals surface area contributed by atoms with Gasteiger partial charge in [-0.05, 0) is 35.4 Å². The van der Waals surface area contributed by atoms with Gasteiger partial charge in [0.15, 0.2) is 6.61 Å². The number of likely N-dealkylation sites (N-methyl/N-ethyl adjacent to an activating group) is 1. The van der Waals surface area contributed by atoms with Crippen molar-refractivity contribution in [2.24, 2.45) is 0 Å². The van der Waals surface area contributed by atoms with Crippen molar-refractivity contribution in [2.45, 2.75) is 6.04 Å². The zero-order valence-electron chi connectivity index (χ0n) is 24.7. The predicted octanol–water partition coefficient (Wildman–Crippen LogP) is 4.76. The molecule has 3 aromatic rings. The van der Waals surface area contributed by atoms with Gasteiger partial charge in [0, 0.05) is 58.0 Å². The molecule has 0 aromatic heterocycles. The molecular weight excluding hydrogens is 610 g/mol.